The van der Waals surface area contributed by atoms with Gasteiger partial charge < -0.3 is 14.5 Å². The van der Waals surface area contributed by atoms with Crippen LogP contribution in [0.25, 0.3) is 0 Å². The summed E-state index contributed by atoms with van der Waals surface area (Å²) in [6, 6.07) is 6.58. The lowest BCUT2D eigenvalue weighted by molar-refractivity contribution is -0.134. The van der Waals surface area contributed by atoms with E-state index in [1.807, 2.05) is 11.8 Å². The number of esters is 1. The first kappa shape index (κ1) is 18.2. The molecule has 0 radical (unpaired) electrons. The van der Waals surface area contributed by atoms with Gasteiger partial charge in [0.05, 0.1) is 11.4 Å². The lowest BCUT2D eigenvalue weighted by atomic mass is 10.2. The summed E-state index contributed by atoms with van der Waals surface area (Å²) in [5.74, 6) is -1.11. The molecule has 1 aromatic carbocycles. The highest BCUT2D eigenvalue weighted by Gasteiger charge is 2.24. The van der Waals surface area contributed by atoms with Crippen LogP contribution >= 0.6 is 11.5 Å². The molecular weight excluding hydrogens is 359 g/mol. The van der Waals surface area contributed by atoms with Crippen molar-refractivity contribution in [3.05, 3.63) is 40.7 Å². The van der Waals surface area contributed by atoms with Crippen molar-refractivity contribution in [3.63, 3.8) is 0 Å². The van der Waals surface area contributed by atoms with E-state index in [9.17, 15) is 14.0 Å². The number of hydrogen-bond acceptors (Lipinski definition) is 7. The van der Waals surface area contributed by atoms with Crippen LogP contribution in [-0.2, 0) is 16.0 Å². The molecule has 0 aliphatic carbocycles. The van der Waals surface area contributed by atoms with Crippen LogP contribution in [0.1, 0.15) is 22.3 Å². The zero-order valence-electron chi connectivity index (χ0n) is 14.4. The summed E-state index contributed by atoms with van der Waals surface area (Å²) in [7, 11) is 0. The SMILES string of the molecule is CCc1nnsc1C(=O)OCC(=O)N1CCN(c2ccccc2F)CC1. The molecule has 3 rings (SSSR count). The molecule has 138 valence electrons. The smallest absolute Gasteiger partial charge is 0.352 e. The van der Waals surface area contributed by atoms with Crippen molar-refractivity contribution < 1.29 is 18.7 Å². The quantitative estimate of drug-likeness (QED) is 0.738. The number of aromatic nitrogens is 2. The van der Waals surface area contributed by atoms with Gasteiger partial charge in [-0.25, -0.2) is 9.18 Å². The van der Waals surface area contributed by atoms with Crippen molar-refractivity contribution in [1.82, 2.24) is 14.5 Å². The standard InChI is InChI=1S/C17H19FN4O3S/c1-2-13-16(26-20-19-13)17(24)25-11-15(23)22-9-7-21(8-10-22)14-6-4-3-5-12(14)18/h3-6H,2,7-11H2,1H3. The van der Waals surface area contributed by atoms with E-state index in [1.165, 1.54) is 6.07 Å². The number of ether oxygens (including phenoxy) is 1. The highest BCUT2D eigenvalue weighted by molar-refractivity contribution is 7.07. The Bertz CT molecular complexity index is 790. The van der Waals surface area contributed by atoms with Crippen LogP contribution in [0.15, 0.2) is 24.3 Å². The second-order valence-electron chi connectivity index (χ2n) is 5.80. The first-order valence-corrected chi connectivity index (χ1v) is 9.13. The maximum absolute atomic E-state index is 13.8. The van der Waals surface area contributed by atoms with Gasteiger partial charge in [0.2, 0.25) is 0 Å². The van der Waals surface area contributed by atoms with Crippen LogP contribution in [0.3, 0.4) is 0 Å². The third-order valence-corrected chi connectivity index (χ3v) is 4.98. The minimum atomic E-state index is -0.574. The van der Waals surface area contributed by atoms with Crippen molar-refractivity contribution in [2.45, 2.75) is 13.3 Å². The number of piperazine rings is 1. The Balaban J connectivity index is 1.50. The predicted octanol–water partition coefficient (Wildman–Crippen LogP) is 1.75. The molecule has 0 unspecified atom stereocenters. The predicted molar refractivity (Wildman–Crippen MR) is 94.8 cm³/mol. The summed E-state index contributed by atoms with van der Waals surface area (Å²) in [6.45, 7) is 3.51. The fourth-order valence-corrected chi connectivity index (χ4v) is 3.43. The van der Waals surface area contributed by atoms with Gasteiger partial charge in [0.15, 0.2) is 11.5 Å². The number of carbonyl (C=O) groups is 2. The zero-order valence-corrected chi connectivity index (χ0v) is 15.2. The van der Waals surface area contributed by atoms with Gasteiger partial charge in [-0.15, -0.1) is 5.10 Å². The molecule has 1 aromatic heterocycles. The largest absolute Gasteiger partial charge is 0.451 e. The molecule has 1 amide bonds. The number of anilines is 1. The van der Waals surface area contributed by atoms with E-state index in [0.717, 1.165) is 11.5 Å². The number of nitrogens with zero attached hydrogens (tertiary/aromatic N) is 4. The Kier molecular flexibility index (Phi) is 5.77. The van der Waals surface area contributed by atoms with Crippen LogP contribution in [0.2, 0.25) is 0 Å². The lowest BCUT2D eigenvalue weighted by Crippen LogP contribution is -2.50. The van der Waals surface area contributed by atoms with Crippen molar-refractivity contribution >= 4 is 29.1 Å². The summed E-state index contributed by atoms with van der Waals surface area (Å²) in [4.78, 5) is 28.2. The van der Waals surface area contributed by atoms with E-state index in [0.29, 0.717) is 48.9 Å². The highest BCUT2D eigenvalue weighted by atomic mass is 32.1. The maximum atomic E-state index is 13.8. The molecule has 2 heterocycles. The molecule has 0 N–H and O–H groups in total. The molecule has 1 aliphatic rings. The summed E-state index contributed by atoms with van der Waals surface area (Å²) in [6.07, 6.45) is 0.576. The molecule has 26 heavy (non-hydrogen) atoms. The minimum absolute atomic E-state index is 0.262. The summed E-state index contributed by atoms with van der Waals surface area (Å²) in [5.41, 5.74) is 1.11. The van der Waals surface area contributed by atoms with Gasteiger partial charge in [0.1, 0.15) is 5.82 Å². The Morgan fingerprint density at radius 1 is 1.23 bits per heavy atom. The van der Waals surface area contributed by atoms with Crippen molar-refractivity contribution in [2.24, 2.45) is 0 Å². The van der Waals surface area contributed by atoms with Crippen LogP contribution in [-0.4, -0.2) is 59.1 Å². The van der Waals surface area contributed by atoms with E-state index in [1.54, 1.807) is 23.1 Å². The van der Waals surface area contributed by atoms with Crippen molar-refractivity contribution in [2.75, 3.05) is 37.7 Å². The first-order valence-electron chi connectivity index (χ1n) is 8.35. The Morgan fingerprint density at radius 2 is 1.96 bits per heavy atom. The summed E-state index contributed by atoms with van der Waals surface area (Å²) < 4.78 is 22.7. The third kappa shape index (κ3) is 3.98. The fourth-order valence-electron chi connectivity index (χ4n) is 2.78. The second-order valence-corrected chi connectivity index (χ2v) is 6.55. The third-order valence-electron chi connectivity index (χ3n) is 4.23. The van der Waals surface area contributed by atoms with Crippen LogP contribution < -0.4 is 4.90 Å². The number of rotatable bonds is 5. The lowest BCUT2D eigenvalue weighted by Gasteiger charge is -2.36. The van der Waals surface area contributed by atoms with Gasteiger partial charge in [-0.2, -0.15) is 0 Å². The number of carbonyl (C=O) groups excluding carboxylic acids is 2. The molecule has 0 saturated carbocycles. The van der Waals surface area contributed by atoms with Gasteiger partial charge in [0.25, 0.3) is 5.91 Å². The Morgan fingerprint density at radius 3 is 2.65 bits per heavy atom. The van der Waals surface area contributed by atoms with Gasteiger partial charge in [-0.05, 0) is 30.1 Å². The average Bonchev–Trinajstić information content (AvgIpc) is 3.15. The molecular formula is C17H19FN4O3S. The number of amides is 1. The Labute approximate surface area is 154 Å². The van der Waals surface area contributed by atoms with E-state index < -0.39 is 5.97 Å². The van der Waals surface area contributed by atoms with Crippen molar-refractivity contribution in [3.8, 4) is 0 Å². The molecule has 1 saturated heterocycles. The molecule has 0 atom stereocenters. The second kappa shape index (κ2) is 8.22. The first-order chi connectivity index (χ1) is 12.6. The normalized spacial score (nSPS) is 14.4. The molecule has 2 aromatic rings. The van der Waals surface area contributed by atoms with Gasteiger partial charge in [0, 0.05) is 26.2 Å². The topological polar surface area (TPSA) is 75.6 Å². The minimum Gasteiger partial charge on any atom is -0.451 e. The summed E-state index contributed by atoms with van der Waals surface area (Å²) >= 11 is 0.966. The Hall–Kier alpha value is -2.55. The van der Waals surface area contributed by atoms with Gasteiger partial charge in [-0.1, -0.05) is 23.5 Å². The maximum Gasteiger partial charge on any atom is 0.352 e. The summed E-state index contributed by atoms with van der Waals surface area (Å²) in [5, 5.41) is 3.85. The van der Waals surface area contributed by atoms with E-state index in [4.69, 9.17) is 4.74 Å². The van der Waals surface area contributed by atoms with Crippen LogP contribution in [0.5, 0.6) is 0 Å². The molecule has 1 fully saturated rings. The highest BCUT2D eigenvalue weighted by Crippen LogP contribution is 2.20. The number of hydrogen-bond donors (Lipinski definition) is 0. The van der Waals surface area contributed by atoms with E-state index in [-0.39, 0.29) is 18.3 Å². The molecule has 7 nitrogen and oxygen atoms in total. The number of para-hydroxylation sites is 1. The van der Waals surface area contributed by atoms with Crippen molar-refractivity contribution in [1.29, 1.82) is 0 Å². The number of halogens is 1. The molecule has 0 spiro atoms. The van der Waals surface area contributed by atoms with Crippen LogP contribution in [0, 0.1) is 5.82 Å². The molecule has 9 heteroatoms. The van der Waals surface area contributed by atoms with E-state index >= 15 is 0 Å². The monoisotopic (exact) mass is 378 g/mol. The van der Waals surface area contributed by atoms with Gasteiger partial charge in [-0.3, -0.25) is 4.79 Å². The van der Waals surface area contributed by atoms with E-state index in [2.05, 4.69) is 9.59 Å². The average molecular weight is 378 g/mol. The molecule has 0 bridgehead atoms. The van der Waals surface area contributed by atoms with Gasteiger partial charge >= 0.3 is 5.97 Å². The van der Waals surface area contributed by atoms with Crippen LogP contribution in [0.4, 0.5) is 10.1 Å². The number of benzene rings is 1. The zero-order chi connectivity index (χ0) is 18.5. The number of aryl methyl sites for hydroxylation is 1. The fraction of sp³-hybridized carbons (Fsp3) is 0.412. The molecule has 1 aliphatic heterocycles.